The molecule has 2 unspecified atom stereocenters. The van der Waals surface area contributed by atoms with Crippen LogP contribution in [0.3, 0.4) is 0 Å². The second-order valence-corrected chi connectivity index (χ2v) is 7.55. The van der Waals surface area contributed by atoms with Crippen molar-refractivity contribution < 1.29 is 34.6 Å². The van der Waals surface area contributed by atoms with E-state index in [-0.39, 0.29) is 10.9 Å². The van der Waals surface area contributed by atoms with Gasteiger partial charge in [0.1, 0.15) is 0 Å². The van der Waals surface area contributed by atoms with Crippen LogP contribution in [0.15, 0.2) is 34.5 Å². The molecule has 1 aliphatic rings. The van der Waals surface area contributed by atoms with Gasteiger partial charge < -0.3 is 0 Å². The summed E-state index contributed by atoms with van der Waals surface area (Å²) in [7, 11) is -4.81. The lowest BCUT2D eigenvalue weighted by molar-refractivity contribution is 0.202. The number of hydrogen-bond acceptors (Lipinski definition) is 6. The molecule has 25 heavy (non-hydrogen) atoms. The van der Waals surface area contributed by atoms with Gasteiger partial charge in [0.2, 0.25) is 4.75 Å². The van der Waals surface area contributed by atoms with Gasteiger partial charge in [0.25, 0.3) is 10.1 Å². The van der Waals surface area contributed by atoms with Gasteiger partial charge in [0, 0.05) is 5.69 Å². The molecule has 1 aromatic heterocycles. The van der Waals surface area contributed by atoms with Crippen LogP contribution in [0.1, 0.15) is 11.4 Å². The van der Waals surface area contributed by atoms with E-state index in [2.05, 4.69) is 14.2 Å². The third-order valence-corrected chi connectivity index (χ3v) is 5.88. The third-order valence-electron chi connectivity index (χ3n) is 3.51. The zero-order chi connectivity index (χ0) is 19.2. The number of thioether (sulfide) groups is 1. The van der Waals surface area contributed by atoms with Gasteiger partial charge >= 0.3 is 0 Å². The van der Waals surface area contributed by atoms with Crippen molar-refractivity contribution in [3.63, 3.8) is 0 Å². The monoisotopic (exact) mass is 402 g/mol. The first-order chi connectivity index (χ1) is 11.5. The fraction of sp³-hybridized carbons (Fsp3) is 0.385. The highest BCUT2D eigenvalue weighted by molar-refractivity contribution is 7.98. The Kier molecular flexibility index (Phi) is 5.26. The van der Waals surface area contributed by atoms with E-state index in [1.54, 1.807) is 0 Å². The Morgan fingerprint density at radius 2 is 1.80 bits per heavy atom. The molecule has 0 radical (unpaired) electrons. The molecule has 0 amide bonds. The summed E-state index contributed by atoms with van der Waals surface area (Å²) in [6.07, 6.45) is -1.97. The molecule has 0 N–H and O–H groups in total. The summed E-state index contributed by atoms with van der Waals surface area (Å²) in [6, 6.07) is 0.826. The summed E-state index contributed by atoms with van der Waals surface area (Å²) < 4.78 is 95.4. The number of allylic oxidation sites excluding steroid dienone is 3. The van der Waals surface area contributed by atoms with E-state index in [9.17, 15) is 30.4 Å². The molecule has 1 aliphatic carbocycles. The first-order valence-corrected chi connectivity index (χ1v) is 9.13. The fourth-order valence-corrected chi connectivity index (χ4v) is 4.04. The van der Waals surface area contributed by atoms with E-state index >= 15 is 0 Å². The minimum atomic E-state index is -5.35. The van der Waals surface area contributed by atoms with Gasteiger partial charge in [-0.25, -0.2) is 31.9 Å². The fourth-order valence-electron chi connectivity index (χ4n) is 2.33. The maximum Gasteiger partial charge on any atom is 0.288 e. The molecule has 138 valence electrons. The van der Waals surface area contributed by atoms with E-state index < -0.39 is 50.0 Å². The first kappa shape index (κ1) is 19.8. The molecule has 12 heteroatoms. The van der Waals surface area contributed by atoms with Crippen molar-refractivity contribution in [3.05, 3.63) is 40.8 Å². The van der Waals surface area contributed by atoms with Crippen molar-refractivity contribution in [2.45, 2.75) is 23.0 Å². The van der Waals surface area contributed by atoms with Gasteiger partial charge in [-0.3, -0.25) is 4.18 Å². The maximum absolute atomic E-state index is 14.7. The topological polar surface area (TPSA) is 69.2 Å². The van der Waals surface area contributed by atoms with E-state index in [0.29, 0.717) is 7.11 Å². The minimum absolute atomic E-state index is 0.0656. The zero-order valence-corrected chi connectivity index (χ0v) is 14.6. The molecule has 2 atom stereocenters. The average molecular weight is 402 g/mol. The summed E-state index contributed by atoms with van der Waals surface area (Å²) in [4.78, 5) is 7.53. The molecule has 0 aliphatic heterocycles. The molecule has 1 aromatic rings. The first-order valence-electron chi connectivity index (χ1n) is 6.50. The van der Waals surface area contributed by atoms with Crippen molar-refractivity contribution in [1.82, 2.24) is 9.97 Å². The van der Waals surface area contributed by atoms with Gasteiger partial charge in [-0.2, -0.15) is 8.42 Å². The smallest absolute Gasteiger partial charge is 0.272 e. The summed E-state index contributed by atoms with van der Waals surface area (Å²) in [5.74, 6) is -9.75. The Bertz CT molecular complexity index is 888. The van der Waals surface area contributed by atoms with Gasteiger partial charge in [-0.05, 0) is 19.2 Å². The quantitative estimate of drug-likeness (QED) is 0.333. The van der Waals surface area contributed by atoms with Gasteiger partial charge in [-0.15, -0.1) is 0 Å². The number of aromatic nitrogens is 2. The Hall–Kier alpha value is -1.53. The third kappa shape index (κ3) is 2.75. The summed E-state index contributed by atoms with van der Waals surface area (Å²) in [5, 5.41) is -0.114. The molecule has 2 rings (SSSR count). The van der Waals surface area contributed by atoms with Gasteiger partial charge in [-0.1, -0.05) is 11.8 Å². The molecular weight excluding hydrogens is 391 g/mol. The molecule has 0 bridgehead atoms. The lowest BCUT2D eigenvalue weighted by Gasteiger charge is -2.34. The standard InChI is InChI=1S/C13H11F5N2O3S2/c1-5-4-6(20-12(19-5)24-3)13(25(21,22)23-2)10(17)8(15)7(14)9(16)11(13)18/h4,10H,1-3H3. The number of halogens is 5. The van der Waals surface area contributed by atoms with Crippen molar-refractivity contribution in [2.75, 3.05) is 13.4 Å². The van der Waals surface area contributed by atoms with Crippen molar-refractivity contribution >= 4 is 21.9 Å². The SMILES string of the molecule is COS(=O)(=O)C1(c2cc(C)nc(SC)n2)C(F)=C(F)C(F)=C(F)C1F. The molecule has 0 spiro atoms. The molecule has 0 aromatic carbocycles. The van der Waals surface area contributed by atoms with Crippen molar-refractivity contribution in [3.8, 4) is 0 Å². The highest BCUT2D eigenvalue weighted by Gasteiger charge is 2.64. The maximum atomic E-state index is 14.7. The number of alkyl halides is 1. The summed E-state index contributed by atoms with van der Waals surface area (Å²) in [5.41, 5.74) is -0.857. The van der Waals surface area contributed by atoms with E-state index in [1.807, 2.05) is 0 Å². The highest BCUT2D eigenvalue weighted by Crippen LogP contribution is 2.52. The van der Waals surface area contributed by atoms with Crippen molar-refractivity contribution in [1.29, 1.82) is 0 Å². The van der Waals surface area contributed by atoms with Crippen molar-refractivity contribution in [2.24, 2.45) is 0 Å². The lowest BCUT2D eigenvalue weighted by atomic mass is 9.90. The molecule has 0 saturated carbocycles. The van der Waals surface area contributed by atoms with Crippen LogP contribution in [-0.2, 0) is 19.0 Å². The van der Waals surface area contributed by atoms with Gasteiger partial charge in [0.15, 0.2) is 34.6 Å². The van der Waals surface area contributed by atoms with Crippen LogP contribution in [0, 0.1) is 6.92 Å². The van der Waals surface area contributed by atoms with E-state index in [4.69, 9.17) is 0 Å². The second kappa shape index (κ2) is 6.65. The molecule has 0 fully saturated rings. The average Bonchev–Trinajstić information content (AvgIpc) is 2.58. The van der Waals surface area contributed by atoms with E-state index in [0.717, 1.165) is 17.8 Å². The normalized spacial score (nSPS) is 24.9. The number of hydrogen-bond donors (Lipinski definition) is 0. The van der Waals surface area contributed by atoms with Crippen LogP contribution in [0.5, 0.6) is 0 Å². The minimum Gasteiger partial charge on any atom is -0.272 e. The zero-order valence-electron chi connectivity index (χ0n) is 13.0. The number of nitrogens with zero attached hydrogens (tertiary/aromatic N) is 2. The molecular formula is C13H11F5N2O3S2. The second-order valence-electron chi connectivity index (χ2n) is 4.89. The number of rotatable bonds is 4. The Morgan fingerprint density at radius 3 is 2.32 bits per heavy atom. The molecule has 5 nitrogen and oxygen atoms in total. The Balaban J connectivity index is 3.00. The summed E-state index contributed by atoms with van der Waals surface area (Å²) >= 11 is 0.890. The largest absolute Gasteiger partial charge is 0.288 e. The Labute approximate surface area is 144 Å². The predicted molar refractivity (Wildman–Crippen MR) is 79.5 cm³/mol. The van der Waals surface area contributed by atoms with Gasteiger partial charge in [0.05, 0.1) is 12.8 Å². The van der Waals surface area contributed by atoms with Crippen LogP contribution < -0.4 is 0 Å². The number of aryl methyl sites for hydroxylation is 1. The lowest BCUT2D eigenvalue weighted by Crippen LogP contribution is -2.49. The van der Waals surface area contributed by atoms with Crippen LogP contribution in [0.2, 0.25) is 0 Å². The Morgan fingerprint density at radius 1 is 1.20 bits per heavy atom. The van der Waals surface area contributed by atoms with Crippen LogP contribution >= 0.6 is 11.8 Å². The van der Waals surface area contributed by atoms with Crippen LogP contribution in [-0.4, -0.2) is 37.9 Å². The molecule has 1 heterocycles. The summed E-state index contributed by atoms with van der Waals surface area (Å²) in [6.45, 7) is 1.35. The van der Waals surface area contributed by atoms with Crippen LogP contribution in [0.4, 0.5) is 22.0 Å². The highest BCUT2D eigenvalue weighted by atomic mass is 32.2. The van der Waals surface area contributed by atoms with E-state index in [1.165, 1.54) is 13.2 Å². The van der Waals surface area contributed by atoms with Crippen LogP contribution in [0.25, 0.3) is 0 Å². The molecule has 0 saturated heterocycles. The predicted octanol–water partition coefficient (Wildman–Crippen LogP) is 3.33.